The maximum Gasteiger partial charge on any atom is 0.343 e. The number of likely N-dealkylation sites (tertiary alicyclic amines) is 1. The highest BCUT2D eigenvalue weighted by Gasteiger charge is 2.49. The lowest BCUT2D eigenvalue weighted by atomic mass is 9.65. The first kappa shape index (κ1) is 24.2. The molecule has 3 heterocycles. The van der Waals surface area contributed by atoms with Gasteiger partial charge >= 0.3 is 5.63 Å². The van der Waals surface area contributed by atoms with E-state index in [9.17, 15) is 9.90 Å². The second kappa shape index (κ2) is 8.86. The van der Waals surface area contributed by atoms with E-state index in [0.29, 0.717) is 35.7 Å². The summed E-state index contributed by atoms with van der Waals surface area (Å²) < 4.78 is 16.4. The molecule has 5 rings (SSSR count). The molecule has 2 aromatic rings. The SMILES string of the molecule is COc1cc2c(cc1OC)CN(Cc1coc(=O)c(CN3C[C@]4(C)C[C@H]3CC(C)(C)C4)c1O)CC2. The van der Waals surface area contributed by atoms with Crippen LogP contribution in [0.4, 0.5) is 0 Å². The molecule has 35 heavy (non-hydrogen) atoms. The molecular formula is C28H38N2O5. The molecule has 190 valence electrons. The molecule has 1 saturated carbocycles. The van der Waals surface area contributed by atoms with E-state index in [2.05, 4.69) is 36.6 Å². The lowest BCUT2D eigenvalue weighted by Crippen LogP contribution is -2.35. The molecule has 2 fully saturated rings. The molecule has 1 aliphatic carbocycles. The Bertz CT molecular complexity index is 1170. The van der Waals surface area contributed by atoms with Crippen LogP contribution in [-0.2, 0) is 26.1 Å². The summed E-state index contributed by atoms with van der Waals surface area (Å²) in [5, 5.41) is 11.2. The van der Waals surface area contributed by atoms with Gasteiger partial charge in [0.1, 0.15) is 12.0 Å². The van der Waals surface area contributed by atoms with Crippen molar-refractivity contribution in [3.63, 3.8) is 0 Å². The quantitative estimate of drug-likeness (QED) is 0.657. The van der Waals surface area contributed by atoms with Gasteiger partial charge in [-0.1, -0.05) is 20.8 Å². The van der Waals surface area contributed by atoms with Gasteiger partial charge in [0.25, 0.3) is 0 Å². The molecule has 0 spiro atoms. The smallest absolute Gasteiger partial charge is 0.343 e. The molecule has 1 aromatic carbocycles. The second-order valence-corrected chi connectivity index (χ2v) is 11.9. The number of aromatic hydroxyl groups is 1. The number of benzene rings is 1. The molecule has 0 amide bonds. The molecule has 3 aliphatic rings. The van der Waals surface area contributed by atoms with E-state index in [1.54, 1.807) is 14.2 Å². The Morgan fingerprint density at radius 1 is 1.09 bits per heavy atom. The zero-order chi connectivity index (χ0) is 25.0. The zero-order valence-electron chi connectivity index (χ0n) is 21.6. The fourth-order valence-electron chi connectivity index (χ4n) is 7.08. The summed E-state index contributed by atoms with van der Waals surface area (Å²) in [6.07, 6.45) is 5.78. The highest BCUT2D eigenvalue weighted by molar-refractivity contribution is 5.48. The Kier molecular flexibility index (Phi) is 6.12. The highest BCUT2D eigenvalue weighted by atomic mass is 16.5. The van der Waals surface area contributed by atoms with Gasteiger partial charge in [-0.25, -0.2) is 4.79 Å². The minimum atomic E-state index is -0.432. The van der Waals surface area contributed by atoms with Crippen molar-refractivity contribution < 1.29 is 19.0 Å². The number of rotatable bonds is 6. The topological polar surface area (TPSA) is 75.4 Å². The molecule has 1 saturated heterocycles. The Morgan fingerprint density at radius 3 is 2.51 bits per heavy atom. The van der Waals surface area contributed by atoms with Gasteiger partial charge in [0.2, 0.25) is 0 Å². The molecule has 2 bridgehead atoms. The molecule has 0 unspecified atom stereocenters. The highest BCUT2D eigenvalue weighted by Crippen LogP contribution is 2.52. The predicted octanol–water partition coefficient (Wildman–Crippen LogP) is 4.32. The van der Waals surface area contributed by atoms with Crippen molar-refractivity contribution in [2.75, 3.05) is 27.3 Å². The van der Waals surface area contributed by atoms with E-state index >= 15 is 0 Å². The number of nitrogens with zero attached hydrogens (tertiary/aromatic N) is 2. The van der Waals surface area contributed by atoms with Crippen molar-refractivity contribution in [2.24, 2.45) is 10.8 Å². The van der Waals surface area contributed by atoms with E-state index in [4.69, 9.17) is 13.9 Å². The van der Waals surface area contributed by atoms with Crippen LogP contribution in [-0.4, -0.2) is 48.3 Å². The van der Waals surface area contributed by atoms with E-state index in [1.807, 2.05) is 6.07 Å². The van der Waals surface area contributed by atoms with Crippen LogP contribution < -0.4 is 15.1 Å². The number of hydrogen-bond acceptors (Lipinski definition) is 7. The summed E-state index contributed by atoms with van der Waals surface area (Å²) in [6.45, 7) is 10.5. The minimum Gasteiger partial charge on any atom is -0.507 e. The van der Waals surface area contributed by atoms with Gasteiger partial charge in [-0.3, -0.25) is 9.80 Å². The van der Waals surface area contributed by atoms with Crippen LogP contribution in [0.3, 0.4) is 0 Å². The van der Waals surface area contributed by atoms with Gasteiger partial charge in [0.15, 0.2) is 11.5 Å². The number of ether oxygens (including phenoxy) is 2. The first-order valence-corrected chi connectivity index (χ1v) is 12.6. The first-order chi connectivity index (χ1) is 16.6. The van der Waals surface area contributed by atoms with E-state index in [-0.39, 0.29) is 11.2 Å². The van der Waals surface area contributed by atoms with Gasteiger partial charge in [-0.15, -0.1) is 0 Å². The fourth-order valence-corrected chi connectivity index (χ4v) is 7.08. The lowest BCUT2D eigenvalue weighted by molar-refractivity contribution is 0.126. The summed E-state index contributed by atoms with van der Waals surface area (Å²) in [7, 11) is 3.30. The van der Waals surface area contributed by atoms with Crippen LogP contribution in [0.15, 0.2) is 27.6 Å². The Hall–Kier alpha value is -2.51. The van der Waals surface area contributed by atoms with Gasteiger partial charge in [0.05, 0.1) is 19.8 Å². The van der Waals surface area contributed by atoms with Crippen molar-refractivity contribution in [2.45, 2.75) is 72.1 Å². The Morgan fingerprint density at radius 2 is 1.80 bits per heavy atom. The van der Waals surface area contributed by atoms with Crippen LogP contribution in [0.5, 0.6) is 17.2 Å². The molecule has 2 aliphatic heterocycles. The molecule has 0 radical (unpaired) electrons. The van der Waals surface area contributed by atoms with Crippen LogP contribution in [0.1, 0.15) is 62.3 Å². The van der Waals surface area contributed by atoms with Crippen LogP contribution in [0.2, 0.25) is 0 Å². The van der Waals surface area contributed by atoms with Crippen molar-refractivity contribution >= 4 is 0 Å². The Balaban J connectivity index is 1.34. The van der Waals surface area contributed by atoms with E-state index in [1.165, 1.54) is 23.8 Å². The average Bonchev–Trinajstić information content (AvgIpc) is 3.04. The van der Waals surface area contributed by atoms with E-state index in [0.717, 1.165) is 50.4 Å². The lowest BCUT2D eigenvalue weighted by Gasteiger charge is -2.39. The number of hydrogen-bond donors (Lipinski definition) is 1. The van der Waals surface area contributed by atoms with Gasteiger partial charge in [-0.2, -0.15) is 0 Å². The second-order valence-electron chi connectivity index (χ2n) is 11.9. The monoisotopic (exact) mass is 482 g/mol. The van der Waals surface area contributed by atoms with Crippen molar-refractivity contribution in [3.05, 3.63) is 51.1 Å². The van der Waals surface area contributed by atoms with Gasteiger partial charge in [0, 0.05) is 44.3 Å². The number of methoxy groups -OCH3 is 2. The summed E-state index contributed by atoms with van der Waals surface area (Å²) >= 11 is 0. The first-order valence-electron chi connectivity index (χ1n) is 12.6. The third-order valence-corrected chi connectivity index (χ3v) is 8.22. The third kappa shape index (κ3) is 4.68. The summed E-state index contributed by atoms with van der Waals surface area (Å²) in [4.78, 5) is 17.3. The molecule has 1 N–H and O–H groups in total. The fraction of sp³-hybridized carbons (Fsp3) is 0.607. The third-order valence-electron chi connectivity index (χ3n) is 8.22. The molecule has 1 aromatic heterocycles. The summed E-state index contributed by atoms with van der Waals surface area (Å²) in [6, 6.07) is 4.53. The minimum absolute atomic E-state index is 0.0882. The summed E-state index contributed by atoms with van der Waals surface area (Å²) in [5.74, 6) is 1.55. The Labute approximate surface area is 207 Å². The standard InChI is InChI=1S/C28H38N2O5/c1-27(2)10-21-11-28(3,16-27)17-30(21)14-22-25(31)20(15-35-26(22)32)13-29-7-6-18-8-23(33-4)24(34-5)9-19(18)12-29/h8-9,15,21,31H,6-7,10-14,16-17H2,1-5H3/t21-,28-/m1/s1. The maximum absolute atomic E-state index is 12.7. The molecular weight excluding hydrogens is 444 g/mol. The zero-order valence-corrected chi connectivity index (χ0v) is 21.6. The van der Waals surface area contributed by atoms with Crippen LogP contribution in [0.25, 0.3) is 0 Å². The van der Waals surface area contributed by atoms with Crippen molar-refractivity contribution in [1.82, 2.24) is 9.80 Å². The predicted molar refractivity (Wildman–Crippen MR) is 134 cm³/mol. The van der Waals surface area contributed by atoms with Crippen molar-refractivity contribution in [3.8, 4) is 17.2 Å². The molecule has 7 heteroatoms. The average molecular weight is 483 g/mol. The van der Waals surface area contributed by atoms with Gasteiger partial charge in [-0.05, 0) is 59.8 Å². The van der Waals surface area contributed by atoms with Crippen molar-refractivity contribution in [1.29, 1.82) is 0 Å². The summed E-state index contributed by atoms with van der Waals surface area (Å²) in [5.41, 5.74) is 3.63. The van der Waals surface area contributed by atoms with Crippen LogP contribution in [0, 0.1) is 10.8 Å². The molecule has 2 atom stereocenters. The normalized spacial score (nSPS) is 25.9. The number of fused-ring (bicyclic) bond motifs is 3. The van der Waals surface area contributed by atoms with Crippen LogP contribution >= 0.6 is 0 Å². The largest absolute Gasteiger partial charge is 0.507 e. The maximum atomic E-state index is 12.7. The van der Waals surface area contributed by atoms with E-state index < -0.39 is 5.63 Å². The van der Waals surface area contributed by atoms with Gasteiger partial charge < -0.3 is 19.0 Å². The molecule has 7 nitrogen and oxygen atoms in total.